The second-order valence-corrected chi connectivity index (χ2v) is 4.68. The van der Waals surface area contributed by atoms with Crippen molar-refractivity contribution >= 4 is 17.2 Å². The van der Waals surface area contributed by atoms with Crippen molar-refractivity contribution in [2.45, 2.75) is 33.2 Å². The molecule has 0 spiro atoms. The number of aliphatic hydroxyl groups is 1. The fourth-order valence-electron chi connectivity index (χ4n) is 1.28. The lowest BCUT2D eigenvalue weighted by Crippen LogP contribution is -2.37. The van der Waals surface area contributed by atoms with E-state index in [9.17, 15) is 4.79 Å². The molecular formula is C11H17NO2S. The van der Waals surface area contributed by atoms with Crippen LogP contribution in [0.3, 0.4) is 0 Å². The molecule has 0 saturated carbocycles. The van der Waals surface area contributed by atoms with Gasteiger partial charge in [-0.25, -0.2) is 0 Å². The molecule has 0 saturated heterocycles. The van der Waals surface area contributed by atoms with Crippen LogP contribution >= 0.6 is 11.3 Å². The minimum Gasteiger partial charge on any atom is -0.394 e. The molecule has 2 N–H and O–H groups in total. The van der Waals surface area contributed by atoms with E-state index in [1.54, 1.807) is 11.3 Å². The second-order valence-electron chi connectivity index (χ2n) is 3.59. The van der Waals surface area contributed by atoms with Crippen LogP contribution < -0.4 is 5.32 Å². The van der Waals surface area contributed by atoms with E-state index in [2.05, 4.69) is 5.32 Å². The van der Waals surface area contributed by atoms with Gasteiger partial charge in [-0.05, 0) is 25.8 Å². The zero-order valence-corrected chi connectivity index (χ0v) is 10.1. The Hall–Kier alpha value is -0.870. The summed E-state index contributed by atoms with van der Waals surface area (Å²) in [5.41, 5.74) is 1.76. The number of rotatable bonds is 4. The maximum Gasteiger partial charge on any atom is 0.252 e. The summed E-state index contributed by atoms with van der Waals surface area (Å²) < 4.78 is 0. The summed E-state index contributed by atoms with van der Waals surface area (Å²) in [6.45, 7) is 5.87. The van der Waals surface area contributed by atoms with Crippen molar-refractivity contribution in [1.29, 1.82) is 0 Å². The summed E-state index contributed by atoms with van der Waals surface area (Å²) in [4.78, 5) is 13.0. The van der Waals surface area contributed by atoms with E-state index >= 15 is 0 Å². The summed E-state index contributed by atoms with van der Waals surface area (Å²) in [6.07, 6.45) is 0.740. The van der Waals surface area contributed by atoms with Crippen LogP contribution in [-0.4, -0.2) is 23.7 Å². The van der Waals surface area contributed by atoms with Gasteiger partial charge >= 0.3 is 0 Å². The SMILES string of the molecule is CCC(CO)NC(=O)c1csc(C)c1C. The van der Waals surface area contributed by atoms with E-state index in [-0.39, 0.29) is 18.6 Å². The van der Waals surface area contributed by atoms with Gasteiger partial charge in [-0.15, -0.1) is 11.3 Å². The van der Waals surface area contributed by atoms with Crippen LogP contribution in [0.15, 0.2) is 5.38 Å². The van der Waals surface area contributed by atoms with Gasteiger partial charge in [0.1, 0.15) is 0 Å². The predicted octanol–water partition coefficient (Wildman–Crippen LogP) is 1.87. The summed E-state index contributed by atoms with van der Waals surface area (Å²) in [5.74, 6) is -0.0854. The number of aliphatic hydroxyl groups excluding tert-OH is 1. The van der Waals surface area contributed by atoms with Gasteiger partial charge in [-0.2, -0.15) is 0 Å². The molecule has 4 heteroatoms. The fraction of sp³-hybridized carbons (Fsp3) is 0.545. The predicted molar refractivity (Wildman–Crippen MR) is 62.4 cm³/mol. The number of nitrogens with one attached hydrogen (secondary N) is 1. The zero-order valence-electron chi connectivity index (χ0n) is 9.33. The van der Waals surface area contributed by atoms with E-state index in [0.717, 1.165) is 22.4 Å². The Morgan fingerprint density at radius 2 is 2.27 bits per heavy atom. The highest BCUT2D eigenvalue weighted by Gasteiger charge is 2.15. The molecule has 0 fully saturated rings. The standard InChI is InChI=1S/C11H17NO2S/c1-4-9(5-13)12-11(14)10-6-15-8(3)7(10)2/h6,9,13H,4-5H2,1-3H3,(H,12,14). The molecule has 1 rings (SSSR count). The highest BCUT2D eigenvalue weighted by atomic mass is 32.1. The maximum absolute atomic E-state index is 11.8. The minimum atomic E-state index is -0.142. The molecule has 1 atom stereocenters. The summed E-state index contributed by atoms with van der Waals surface area (Å²) in [5, 5.41) is 13.7. The Bertz CT molecular complexity index is 342. The van der Waals surface area contributed by atoms with E-state index in [1.165, 1.54) is 0 Å². The van der Waals surface area contributed by atoms with Crippen LogP contribution in [0, 0.1) is 13.8 Å². The Kier molecular flexibility index (Phi) is 4.29. The number of thiophene rings is 1. The molecule has 1 aromatic rings. The highest BCUT2D eigenvalue weighted by molar-refractivity contribution is 7.10. The lowest BCUT2D eigenvalue weighted by molar-refractivity contribution is 0.0915. The Morgan fingerprint density at radius 3 is 2.67 bits per heavy atom. The van der Waals surface area contributed by atoms with Crippen molar-refractivity contribution in [3.05, 3.63) is 21.4 Å². The molecule has 15 heavy (non-hydrogen) atoms. The third kappa shape index (κ3) is 2.79. The van der Waals surface area contributed by atoms with Crippen molar-refractivity contribution in [1.82, 2.24) is 5.32 Å². The molecule has 0 aliphatic carbocycles. The highest BCUT2D eigenvalue weighted by Crippen LogP contribution is 2.20. The van der Waals surface area contributed by atoms with Crippen LogP contribution in [0.4, 0.5) is 0 Å². The Balaban J connectivity index is 2.73. The van der Waals surface area contributed by atoms with Crippen molar-refractivity contribution in [2.75, 3.05) is 6.61 Å². The molecule has 0 aromatic carbocycles. The molecule has 1 unspecified atom stereocenters. The third-order valence-electron chi connectivity index (χ3n) is 2.58. The molecule has 1 heterocycles. The zero-order chi connectivity index (χ0) is 11.4. The van der Waals surface area contributed by atoms with Gasteiger partial charge in [-0.3, -0.25) is 4.79 Å². The first-order valence-electron chi connectivity index (χ1n) is 5.06. The lowest BCUT2D eigenvalue weighted by atomic mass is 10.1. The van der Waals surface area contributed by atoms with E-state index in [4.69, 9.17) is 5.11 Å². The quantitative estimate of drug-likeness (QED) is 0.825. The van der Waals surface area contributed by atoms with Gasteiger partial charge in [0.2, 0.25) is 0 Å². The van der Waals surface area contributed by atoms with E-state index < -0.39 is 0 Å². The van der Waals surface area contributed by atoms with Gasteiger partial charge in [0.05, 0.1) is 18.2 Å². The third-order valence-corrected chi connectivity index (χ3v) is 3.59. The van der Waals surface area contributed by atoms with Crippen molar-refractivity contribution in [2.24, 2.45) is 0 Å². The van der Waals surface area contributed by atoms with Gasteiger partial charge in [0, 0.05) is 10.3 Å². The molecule has 1 aromatic heterocycles. The molecule has 0 aliphatic rings. The summed E-state index contributed by atoms with van der Waals surface area (Å²) in [7, 11) is 0. The molecule has 84 valence electrons. The molecular weight excluding hydrogens is 210 g/mol. The second kappa shape index (κ2) is 5.28. The maximum atomic E-state index is 11.8. The molecule has 0 radical (unpaired) electrons. The number of aryl methyl sites for hydroxylation is 1. The number of carbonyl (C=O) groups excluding carboxylic acids is 1. The normalized spacial score (nSPS) is 12.5. The topological polar surface area (TPSA) is 49.3 Å². The number of carbonyl (C=O) groups is 1. The largest absolute Gasteiger partial charge is 0.394 e. The Morgan fingerprint density at radius 1 is 1.60 bits per heavy atom. The van der Waals surface area contributed by atoms with Crippen molar-refractivity contribution in [3.8, 4) is 0 Å². The lowest BCUT2D eigenvalue weighted by Gasteiger charge is -2.13. The van der Waals surface area contributed by atoms with Crippen LogP contribution in [0.1, 0.15) is 34.1 Å². The van der Waals surface area contributed by atoms with Crippen molar-refractivity contribution < 1.29 is 9.90 Å². The van der Waals surface area contributed by atoms with E-state index in [1.807, 2.05) is 26.2 Å². The first-order valence-corrected chi connectivity index (χ1v) is 5.94. The molecule has 0 bridgehead atoms. The fourth-order valence-corrected chi connectivity index (χ4v) is 2.14. The summed E-state index contributed by atoms with van der Waals surface area (Å²) in [6, 6.07) is -0.142. The smallest absolute Gasteiger partial charge is 0.252 e. The van der Waals surface area contributed by atoms with Crippen molar-refractivity contribution in [3.63, 3.8) is 0 Å². The average Bonchev–Trinajstić information content (AvgIpc) is 2.56. The van der Waals surface area contributed by atoms with Gasteiger partial charge in [0.15, 0.2) is 0 Å². The molecule has 0 aliphatic heterocycles. The van der Waals surface area contributed by atoms with Crippen LogP contribution in [-0.2, 0) is 0 Å². The first-order chi connectivity index (χ1) is 7.10. The van der Waals surface area contributed by atoms with E-state index in [0.29, 0.717) is 0 Å². The van der Waals surface area contributed by atoms with Crippen LogP contribution in [0.5, 0.6) is 0 Å². The van der Waals surface area contributed by atoms with Gasteiger partial charge < -0.3 is 10.4 Å². The first kappa shape index (κ1) is 12.2. The summed E-state index contributed by atoms with van der Waals surface area (Å²) >= 11 is 1.58. The number of hydrogen-bond acceptors (Lipinski definition) is 3. The van der Waals surface area contributed by atoms with Gasteiger partial charge in [-0.1, -0.05) is 6.92 Å². The average molecular weight is 227 g/mol. The Labute approximate surface area is 94.1 Å². The number of amides is 1. The van der Waals surface area contributed by atoms with Crippen LogP contribution in [0.25, 0.3) is 0 Å². The molecule has 3 nitrogen and oxygen atoms in total. The minimum absolute atomic E-state index is 0.00952. The van der Waals surface area contributed by atoms with Crippen LogP contribution in [0.2, 0.25) is 0 Å². The van der Waals surface area contributed by atoms with Gasteiger partial charge in [0.25, 0.3) is 5.91 Å². The molecule has 1 amide bonds. The monoisotopic (exact) mass is 227 g/mol. The number of hydrogen-bond donors (Lipinski definition) is 2.